The maximum absolute atomic E-state index is 13.8. The van der Waals surface area contributed by atoms with Crippen molar-refractivity contribution in [2.45, 2.75) is 18.4 Å². The van der Waals surface area contributed by atoms with Gasteiger partial charge in [0.15, 0.2) is 5.65 Å². The average molecular weight is 634 g/mol. The van der Waals surface area contributed by atoms with Gasteiger partial charge in [-0.05, 0) is 60.5 Å². The lowest BCUT2D eigenvalue weighted by atomic mass is 10.0. The maximum atomic E-state index is 13.8. The molecule has 44 heavy (non-hydrogen) atoms. The van der Waals surface area contributed by atoms with Gasteiger partial charge in [0.1, 0.15) is 11.6 Å². The van der Waals surface area contributed by atoms with Gasteiger partial charge >= 0.3 is 0 Å². The Labute approximate surface area is 252 Å². The highest BCUT2D eigenvalue weighted by molar-refractivity contribution is 7.92. The van der Waals surface area contributed by atoms with Crippen LogP contribution in [0.25, 0.3) is 33.3 Å². The molecule has 1 N–H and O–H groups in total. The average Bonchev–Trinajstić information content (AvgIpc) is 3.56. The minimum atomic E-state index is -4.06. The summed E-state index contributed by atoms with van der Waals surface area (Å²) in [5, 5.41) is 4.84. The van der Waals surface area contributed by atoms with Crippen LogP contribution in [0.1, 0.15) is 11.1 Å². The van der Waals surface area contributed by atoms with Crippen LogP contribution in [-0.4, -0.2) is 41.8 Å². The van der Waals surface area contributed by atoms with E-state index in [0.717, 1.165) is 21.9 Å². The topological polar surface area (TPSA) is 116 Å². The lowest BCUT2D eigenvalue weighted by molar-refractivity contribution is 0.574. The quantitative estimate of drug-likeness (QED) is 0.226. The highest BCUT2D eigenvalue weighted by Gasteiger charge is 2.24. The van der Waals surface area contributed by atoms with Gasteiger partial charge in [0.05, 0.1) is 23.9 Å². The molecule has 0 bridgehead atoms. The summed E-state index contributed by atoms with van der Waals surface area (Å²) in [5.74, 6) is -1.41. The van der Waals surface area contributed by atoms with E-state index in [-0.39, 0.29) is 17.1 Å². The maximum Gasteiger partial charge on any atom is 0.269 e. The van der Waals surface area contributed by atoms with E-state index in [4.69, 9.17) is 0 Å². The van der Waals surface area contributed by atoms with E-state index in [9.17, 15) is 25.6 Å². The molecular formula is C31H25F2N5O4S2. The molecule has 0 amide bonds. The van der Waals surface area contributed by atoms with E-state index in [1.807, 2.05) is 6.92 Å². The van der Waals surface area contributed by atoms with Crippen LogP contribution in [-0.2, 0) is 26.6 Å². The number of aryl methyl sites for hydroxylation is 1. The number of fused-ring (bicyclic) bond motifs is 1. The fraction of sp³-hybridized carbons (Fsp3) is 0.0968. The third-order valence-electron chi connectivity index (χ3n) is 6.90. The molecule has 0 saturated heterocycles. The number of aromatic nitrogens is 4. The molecule has 0 fully saturated rings. The molecule has 3 heterocycles. The number of rotatable bonds is 8. The molecule has 0 aliphatic rings. The highest BCUT2D eigenvalue weighted by Crippen LogP contribution is 2.35. The first kappa shape index (κ1) is 29.2. The first-order valence-electron chi connectivity index (χ1n) is 13.3. The molecule has 224 valence electrons. The molecule has 6 rings (SSSR count). The number of nitrogens with zero attached hydrogens (tertiary/aromatic N) is 4. The van der Waals surface area contributed by atoms with Crippen molar-refractivity contribution < 1.29 is 25.6 Å². The third-order valence-corrected chi connectivity index (χ3v) is 9.17. The SMILES string of the molecule is Cc1ccc(S(=O)(=O)n2cc(-c3cnn(Cc4cc(F)cc(F)c4)c3)c3cc(-c4cccc(NS(C)(=O)=O)c4)cnc32)cc1. The third kappa shape index (κ3) is 5.96. The van der Waals surface area contributed by atoms with Gasteiger partial charge in [-0.3, -0.25) is 9.40 Å². The van der Waals surface area contributed by atoms with Crippen LogP contribution >= 0.6 is 0 Å². The van der Waals surface area contributed by atoms with Gasteiger partial charge < -0.3 is 0 Å². The molecule has 3 aromatic heterocycles. The van der Waals surface area contributed by atoms with Crippen LogP contribution < -0.4 is 4.72 Å². The van der Waals surface area contributed by atoms with Crippen LogP contribution in [0.5, 0.6) is 0 Å². The molecule has 0 unspecified atom stereocenters. The van der Waals surface area contributed by atoms with Crippen molar-refractivity contribution in [2.75, 3.05) is 11.0 Å². The van der Waals surface area contributed by atoms with Crippen LogP contribution in [0.2, 0.25) is 0 Å². The Morgan fingerprint density at radius 3 is 2.25 bits per heavy atom. The first-order valence-corrected chi connectivity index (χ1v) is 16.6. The molecule has 0 aliphatic carbocycles. The van der Waals surface area contributed by atoms with Gasteiger partial charge in [-0.1, -0.05) is 29.8 Å². The molecule has 0 spiro atoms. The minimum absolute atomic E-state index is 0.0820. The number of halogens is 2. The van der Waals surface area contributed by atoms with Gasteiger partial charge in [-0.25, -0.2) is 34.6 Å². The highest BCUT2D eigenvalue weighted by atomic mass is 32.2. The van der Waals surface area contributed by atoms with Gasteiger partial charge in [0, 0.05) is 52.4 Å². The number of hydrogen-bond donors (Lipinski definition) is 1. The molecule has 9 nitrogen and oxygen atoms in total. The molecule has 3 aromatic carbocycles. The Bertz CT molecular complexity index is 2240. The molecule has 0 atom stereocenters. The zero-order valence-electron chi connectivity index (χ0n) is 23.4. The second-order valence-electron chi connectivity index (χ2n) is 10.4. The summed E-state index contributed by atoms with van der Waals surface area (Å²) in [6, 6.07) is 18.2. The molecular weight excluding hydrogens is 609 g/mol. The van der Waals surface area contributed by atoms with Crippen molar-refractivity contribution in [3.05, 3.63) is 120 Å². The standard InChI is InChI=1S/C31H25F2N5O4S2/c1-20-6-8-28(9-7-20)44(41,42)38-19-30(24-16-35-37(18-24)17-21-10-25(32)14-26(33)11-21)29-13-23(15-34-31(29)38)22-4-3-5-27(12-22)36-43(2,39)40/h3-16,18-19,36H,17H2,1-2H3. The summed E-state index contributed by atoms with van der Waals surface area (Å²) in [4.78, 5) is 4.63. The van der Waals surface area contributed by atoms with E-state index in [1.54, 1.807) is 48.7 Å². The fourth-order valence-electron chi connectivity index (χ4n) is 4.93. The Balaban J connectivity index is 1.49. The summed E-state index contributed by atoms with van der Waals surface area (Å²) in [7, 11) is -7.57. The summed E-state index contributed by atoms with van der Waals surface area (Å²) in [6.45, 7) is 1.94. The summed E-state index contributed by atoms with van der Waals surface area (Å²) >= 11 is 0. The zero-order chi connectivity index (χ0) is 31.2. The van der Waals surface area contributed by atoms with Crippen molar-refractivity contribution in [2.24, 2.45) is 0 Å². The van der Waals surface area contributed by atoms with E-state index in [2.05, 4.69) is 14.8 Å². The monoisotopic (exact) mass is 633 g/mol. The normalized spacial score (nSPS) is 12.1. The number of benzene rings is 3. The predicted molar refractivity (Wildman–Crippen MR) is 164 cm³/mol. The Kier molecular flexibility index (Phi) is 7.30. The van der Waals surface area contributed by atoms with Crippen molar-refractivity contribution in [1.29, 1.82) is 0 Å². The van der Waals surface area contributed by atoms with E-state index < -0.39 is 31.7 Å². The van der Waals surface area contributed by atoms with Crippen LogP contribution in [0.3, 0.4) is 0 Å². The largest absolute Gasteiger partial charge is 0.284 e. The summed E-state index contributed by atoms with van der Waals surface area (Å²) in [6.07, 6.45) is 7.25. The number of sulfonamides is 1. The van der Waals surface area contributed by atoms with Crippen LogP contribution in [0.4, 0.5) is 14.5 Å². The molecule has 13 heteroatoms. The Morgan fingerprint density at radius 2 is 1.55 bits per heavy atom. The second kappa shape index (κ2) is 11.0. The smallest absolute Gasteiger partial charge is 0.269 e. The molecule has 0 radical (unpaired) electrons. The molecule has 6 aromatic rings. The van der Waals surface area contributed by atoms with Gasteiger partial charge in [0.2, 0.25) is 10.0 Å². The first-order chi connectivity index (χ1) is 20.9. The predicted octanol–water partition coefficient (Wildman–Crippen LogP) is 5.81. The van der Waals surface area contributed by atoms with E-state index in [1.165, 1.54) is 47.5 Å². The van der Waals surface area contributed by atoms with Crippen molar-refractivity contribution in [1.82, 2.24) is 18.7 Å². The Hall–Kier alpha value is -4.88. The lowest BCUT2D eigenvalue weighted by Crippen LogP contribution is -2.12. The number of nitrogens with one attached hydrogen (secondary N) is 1. The van der Waals surface area contributed by atoms with Gasteiger partial charge in [0.25, 0.3) is 10.0 Å². The minimum Gasteiger partial charge on any atom is -0.284 e. The van der Waals surface area contributed by atoms with Crippen LogP contribution in [0.15, 0.2) is 102 Å². The van der Waals surface area contributed by atoms with Gasteiger partial charge in [-0.2, -0.15) is 5.10 Å². The molecule has 0 saturated carbocycles. The zero-order valence-corrected chi connectivity index (χ0v) is 25.1. The van der Waals surface area contributed by atoms with Crippen LogP contribution in [0, 0.1) is 18.6 Å². The van der Waals surface area contributed by atoms with E-state index in [0.29, 0.717) is 38.9 Å². The lowest BCUT2D eigenvalue weighted by Gasteiger charge is -2.09. The summed E-state index contributed by atoms with van der Waals surface area (Å²) in [5.41, 5.74) is 4.13. The molecule has 0 aliphatic heterocycles. The fourth-order valence-corrected chi connectivity index (χ4v) is 6.81. The number of hydrogen-bond acceptors (Lipinski definition) is 6. The Morgan fingerprint density at radius 1 is 0.818 bits per heavy atom. The van der Waals surface area contributed by atoms with E-state index >= 15 is 0 Å². The summed E-state index contributed by atoms with van der Waals surface area (Å²) < 4.78 is 83.8. The van der Waals surface area contributed by atoms with Crippen molar-refractivity contribution in [3.8, 4) is 22.3 Å². The van der Waals surface area contributed by atoms with Crippen molar-refractivity contribution in [3.63, 3.8) is 0 Å². The van der Waals surface area contributed by atoms with Crippen molar-refractivity contribution >= 4 is 36.8 Å². The number of pyridine rings is 1. The number of anilines is 1. The second-order valence-corrected chi connectivity index (χ2v) is 14.0. The van der Waals surface area contributed by atoms with Gasteiger partial charge in [-0.15, -0.1) is 0 Å².